The number of hydrogen-bond acceptors (Lipinski definition) is 7. The average molecular weight is 534 g/mol. The largest absolute Gasteiger partial charge is 0.460 e. The number of hydrogen-bond donors (Lipinski definition) is 3. The van der Waals surface area contributed by atoms with E-state index in [1.165, 1.54) is 10.8 Å². The highest BCUT2D eigenvalue weighted by Gasteiger charge is 2.49. The molecule has 0 saturated heterocycles. The van der Waals surface area contributed by atoms with E-state index >= 15 is 0 Å². The molecule has 1 aliphatic heterocycles. The summed E-state index contributed by atoms with van der Waals surface area (Å²) in [7, 11) is 0. The van der Waals surface area contributed by atoms with E-state index in [9.17, 15) is 19.8 Å². The molecule has 0 saturated carbocycles. The minimum atomic E-state index is -1.30. The van der Waals surface area contributed by atoms with Crippen molar-refractivity contribution in [1.29, 1.82) is 0 Å². The molecular weight excluding hydrogens is 494 g/mol. The quantitative estimate of drug-likeness (QED) is 0.356. The van der Waals surface area contributed by atoms with Crippen LogP contribution in [0.15, 0.2) is 66.9 Å². The van der Waals surface area contributed by atoms with Crippen molar-refractivity contribution in [1.82, 2.24) is 9.55 Å². The van der Waals surface area contributed by atoms with Gasteiger partial charge < -0.3 is 20.7 Å². The zero-order chi connectivity index (χ0) is 28.6. The van der Waals surface area contributed by atoms with Crippen molar-refractivity contribution in [3.8, 4) is 0 Å². The normalized spacial score (nSPS) is 19.7. The number of aromatic nitrogens is 2. The first kappa shape index (κ1) is 28.7. The maximum atomic E-state index is 13.8. The van der Waals surface area contributed by atoms with Crippen molar-refractivity contribution in [2.45, 2.75) is 77.4 Å². The van der Waals surface area contributed by atoms with Crippen molar-refractivity contribution in [2.75, 3.05) is 0 Å². The topological polar surface area (TPSA) is 128 Å². The number of aryl methyl sites for hydroxylation is 1. The van der Waals surface area contributed by atoms with Crippen LogP contribution in [0.1, 0.15) is 74.7 Å². The smallest absolute Gasteiger partial charge is 0.314 e. The van der Waals surface area contributed by atoms with Gasteiger partial charge in [0, 0.05) is 6.42 Å². The molecule has 8 heteroatoms. The van der Waals surface area contributed by atoms with Gasteiger partial charge in [-0.15, -0.1) is 0 Å². The Morgan fingerprint density at radius 1 is 1.10 bits per heavy atom. The Morgan fingerprint density at radius 3 is 2.28 bits per heavy atom. The Kier molecular flexibility index (Phi) is 7.85. The fourth-order valence-electron chi connectivity index (χ4n) is 5.39. The van der Waals surface area contributed by atoms with Gasteiger partial charge in [-0.2, -0.15) is 0 Å². The molecule has 3 aromatic rings. The molecule has 1 aromatic heterocycles. The lowest BCUT2D eigenvalue weighted by molar-refractivity contribution is -0.168. The molecule has 0 fully saturated rings. The zero-order valence-electron chi connectivity index (χ0n) is 23.3. The summed E-state index contributed by atoms with van der Waals surface area (Å²) < 4.78 is 7.33. The summed E-state index contributed by atoms with van der Waals surface area (Å²) >= 11 is 0. The molecule has 4 atom stereocenters. The van der Waals surface area contributed by atoms with Crippen LogP contribution in [0.3, 0.4) is 0 Å². The number of aliphatic hydroxyl groups is 2. The van der Waals surface area contributed by atoms with E-state index < -0.39 is 40.8 Å². The lowest BCUT2D eigenvalue weighted by atomic mass is 9.71. The third-order valence-corrected chi connectivity index (χ3v) is 7.50. The van der Waals surface area contributed by atoms with Crippen molar-refractivity contribution in [2.24, 2.45) is 17.1 Å². The van der Waals surface area contributed by atoms with E-state index in [-0.39, 0.29) is 18.6 Å². The van der Waals surface area contributed by atoms with Crippen LogP contribution in [0.5, 0.6) is 0 Å². The Labute approximate surface area is 229 Å². The summed E-state index contributed by atoms with van der Waals surface area (Å²) in [6.45, 7) is 8.72. The van der Waals surface area contributed by atoms with Crippen molar-refractivity contribution in [3.05, 3.63) is 89.5 Å². The lowest BCUT2D eigenvalue weighted by Crippen LogP contribution is -2.55. The van der Waals surface area contributed by atoms with Gasteiger partial charge in [0.05, 0.1) is 23.3 Å². The van der Waals surface area contributed by atoms with E-state index in [4.69, 9.17) is 10.5 Å². The number of nitrogens with two attached hydrogens (primary N) is 1. The number of imidazole rings is 1. The van der Waals surface area contributed by atoms with Gasteiger partial charge in [-0.3, -0.25) is 14.2 Å². The summed E-state index contributed by atoms with van der Waals surface area (Å²) in [6.07, 6.45) is -0.186. The molecule has 208 valence electrons. The second-order valence-corrected chi connectivity index (χ2v) is 12.0. The summed E-state index contributed by atoms with van der Waals surface area (Å²) in [5.74, 6) is -1.44. The first-order valence-corrected chi connectivity index (χ1v) is 13.3. The Hall–Kier alpha value is -3.33. The van der Waals surface area contributed by atoms with E-state index in [1.807, 2.05) is 60.7 Å². The molecule has 4 rings (SSSR count). The number of esters is 1. The molecule has 0 bridgehead atoms. The summed E-state index contributed by atoms with van der Waals surface area (Å²) in [6, 6.07) is 18.9. The number of rotatable bonds is 9. The van der Waals surface area contributed by atoms with Crippen molar-refractivity contribution < 1.29 is 24.5 Å². The maximum Gasteiger partial charge on any atom is 0.314 e. The van der Waals surface area contributed by atoms with Gasteiger partial charge in [-0.25, -0.2) is 4.98 Å². The van der Waals surface area contributed by atoms with Crippen LogP contribution in [0, 0.1) is 11.3 Å². The Bertz CT molecular complexity index is 1310. The van der Waals surface area contributed by atoms with Crippen LogP contribution in [0.2, 0.25) is 0 Å². The number of Topliss-reactive ketones (excluding diaryl/α,β-unsaturated/α-hetero) is 1. The number of benzene rings is 2. The molecule has 0 amide bonds. The van der Waals surface area contributed by atoms with Crippen molar-refractivity contribution >= 4 is 11.8 Å². The molecule has 0 spiro atoms. The molecular formula is C31H39N3O5. The summed E-state index contributed by atoms with van der Waals surface area (Å²) in [5, 5.41) is 22.5. The van der Waals surface area contributed by atoms with E-state index in [1.54, 1.807) is 34.6 Å². The number of ether oxygens (including phenoxy) is 1. The third-order valence-electron chi connectivity index (χ3n) is 7.50. The van der Waals surface area contributed by atoms with Gasteiger partial charge in [0.25, 0.3) is 0 Å². The fourth-order valence-corrected chi connectivity index (χ4v) is 5.39. The van der Waals surface area contributed by atoms with Crippen LogP contribution < -0.4 is 5.73 Å². The van der Waals surface area contributed by atoms with Crippen LogP contribution in [0.25, 0.3) is 0 Å². The Balaban J connectivity index is 1.70. The van der Waals surface area contributed by atoms with E-state index in [2.05, 4.69) is 4.98 Å². The molecule has 2 heterocycles. The second kappa shape index (κ2) is 10.7. The number of aliphatic hydroxyl groups excluding tert-OH is 2. The standard InChI is InChI=1S/C31H39N3O5/c1-29(2,3)39-27(37)25(31(32,21-14-10-7-11-15-21)18-20-12-8-6-9-13-20)23(35)16-17-24-33-19-22-26(36)30(4,5)28(38)34(22)24/h6-15,19,23,25,28,35,38H,16-18,32H2,1-5H3/t23-,25-,28?,31?/m0/s1. The minimum absolute atomic E-state index is 0.113. The predicted octanol–water partition coefficient (Wildman–Crippen LogP) is 3.94. The van der Waals surface area contributed by atoms with Crippen LogP contribution in [0.4, 0.5) is 0 Å². The van der Waals surface area contributed by atoms with Crippen LogP contribution in [-0.4, -0.2) is 43.2 Å². The first-order valence-electron chi connectivity index (χ1n) is 13.3. The monoisotopic (exact) mass is 533 g/mol. The predicted molar refractivity (Wildman–Crippen MR) is 148 cm³/mol. The molecule has 0 radical (unpaired) electrons. The van der Waals surface area contributed by atoms with Gasteiger partial charge in [0.2, 0.25) is 0 Å². The average Bonchev–Trinajstić information content (AvgIpc) is 3.36. The SMILES string of the molecule is CC(C)(C)OC(=O)[C@H]([C@@H](O)CCc1ncc2n1C(O)C(C)(C)C2=O)C(N)(Cc1ccccc1)c1ccccc1. The van der Waals surface area contributed by atoms with Gasteiger partial charge in [-0.1, -0.05) is 60.7 Å². The van der Waals surface area contributed by atoms with Gasteiger partial charge in [-0.05, 0) is 58.6 Å². The highest BCUT2D eigenvalue weighted by Crippen LogP contribution is 2.42. The number of ketones is 1. The third kappa shape index (κ3) is 5.69. The molecule has 2 aromatic carbocycles. The highest BCUT2D eigenvalue weighted by atomic mass is 16.6. The first-order chi connectivity index (χ1) is 18.3. The number of nitrogens with zero attached hydrogens (tertiary/aromatic N) is 2. The maximum absolute atomic E-state index is 13.8. The Morgan fingerprint density at radius 2 is 1.69 bits per heavy atom. The molecule has 39 heavy (non-hydrogen) atoms. The zero-order valence-corrected chi connectivity index (χ0v) is 23.3. The molecule has 4 N–H and O–H groups in total. The minimum Gasteiger partial charge on any atom is -0.460 e. The lowest BCUT2D eigenvalue weighted by Gasteiger charge is -2.40. The summed E-state index contributed by atoms with van der Waals surface area (Å²) in [5.41, 5.74) is 6.06. The number of carbonyl (C=O) groups excluding carboxylic acids is 2. The summed E-state index contributed by atoms with van der Waals surface area (Å²) in [4.78, 5) is 30.8. The number of carbonyl (C=O) groups is 2. The highest BCUT2D eigenvalue weighted by molar-refractivity contribution is 6.01. The van der Waals surface area contributed by atoms with Gasteiger partial charge in [0.15, 0.2) is 5.78 Å². The fraction of sp³-hybridized carbons (Fsp3) is 0.452. The molecule has 1 aliphatic rings. The van der Waals surface area contributed by atoms with Crippen LogP contribution >= 0.6 is 0 Å². The van der Waals surface area contributed by atoms with Gasteiger partial charge in [0.1, 0.15) is 29.3 Å². The van der Waals surface area contributed by atoms with E-state index in [0.717, 1.165) is 5.56 Å². The molecule has 0 aliphatic carbocycles. The molecule has 2 unspecified atom stereocenters. The molecule has 8 nitrogen and oxygen atoms in total. The second-order valence-electron chi connectivity index (χ2n) is 12.0. The van der Waals surface area contributed by atoms with Crippen molar-refractivity contribution in [3.63, 3.8) is 0 Å². The van der Waals surface area contributed by atoms with Crippen LogP contribution in [-0.2, 0) is 27.9 Å². The number of fused-ring (bicyclic) bond motifs is 1. The van der Waals surface area contributed by atoms with Gasteiger partial charge >= 0.3 is 5.97 Å². The van der Waals surface area contributed by atoms with E-state index in [0.29, 0.717) is 23.5 Å².